The summed E-state index contributed by atoms with van der Waals surface area (Å²) < 4.78 is 33.0. The maximum atomic E-state index is 12.5. The van der Waals surface area contributed by atoms with Gasteiger partial charge in [0.15, 0.2) is 0 Å². The van der Waals surface area contributed by atoms with Gasteiger partial charge in [-0.05, 0) is 6.07 Å². The van der Waals surface area contributed by atoms with Crippen molar-refractivity contribution in [3.05, 3.63) is 18.0 Å². The molecule has 0 unspecified atom stereocenters. The zero-order valence-corrected chi connectivity index (χ0v) is 12.7. The zero-order chi connectivity index (χ0) is 15.5. The third-order valence-corrected chi connectivity index (χ3v) is 5.11. The average Bonchev–Trinajstić information content (AvgIpc) is 2.88. The Morgan fingerprint density at radius 1 is 1.43 bits per heavy atom. The second kappa shape index (κ2) is 6.56. The molecule has 1 aromatic heterocycles. The predicted molar refractivity (Wildman–Crippen MR) is 76.4 cm³/mol. The van der Waals surface area contributed by atoms with E-state index in [0.717, 1.165) is 0 Å². The summed E-state index contributed by atoms with van der Waals surface area (Å²) in [7, 11) is -1.96. The van der Waals surface area contributed by atoms with Gasteiger partial charge in [-0.1, -0.05) is 0 Å². The van der Waals surface area contributed by atoms with Crippen LogP contribution in [-0.4, -0.2) is 62.6 Å². The fourth-order valence-electron chi connectivity index (χ4n) is 2.11. The molecule has 0 atom stereocenters. The Kier molecular flexibility index (Phi) is 4.99. The van der Waals surface area contributed by atoms with E-state index in [0.29, 0.717) is 39.4 Å². The van der Waals surface area contributed by atoms with Crippen molar-refractivity contribution in [3.8, 4) is 0 Å². The third-order valence-electron chi connectivity index (χ3n) is 3.25. The Morgan fingerprint density at radius 2 is 2.10 bits per heavy atom. The lowest BCUT2D eigenvalue weighted by Gasteiger charge is -2.25. The van der Waals surface area contributed by atoms with E-state index >= 15 is 0 Å². The number of nitrogens with zero attached hydrogens (tertiary/aromatic N) is 2. The number of morpholine rings is 1. The first-order valence-corrected chi connectivity index (χ1v) is 8.13. The Balaban J connectivity index is 2.22. The molecule has 0 aromatic carbocycles. The van der Waals surface area contributed by atoms with Crippen molar-refractivity contribution in [3.63, 3.8) is 0 Å². The van der Waals surface area contributed by atoms with Crippen LogP contribution in [0.15, 0.2) is 17.2 Å². The number of aryl methyl sites for hydroxylation is 1. The van der Waals surface area contributed by atoms with E-state index in [4.69, 9.17) is 10.5 Å². The quantitative estimate of drug-likeness (QED) is 0.705. The van der Waals surface area contributed by atoms with Gasteiger partial charge in [-0.25, -0.2) is 8.42 Å². The van der Waals surface area contributed by atoms with Crippen LogP contribution in [0.5, 0.6) is 0 Å². The fourth-order valence-corrected chi connectivity index (χ4v) is 3.59. The highest BCUT2D eigenvalue weighted by atomic mass is 32.2. The highest BCUT2D eigenvalue weighted by Gasteiger charge is 2.28. The molecule has 2 heterocycles. The molecule has 1 saturated heterocycles. The number of hydrogen-bond acceptors (Lipinski definition) is 5. The largest absolute Gasteiger partial charge is 0.379 e. The molecule has 0 spiro atoms. The Bertz CT molecular complexity index is 605. The normalized spacial score (nSPS) is 16.9. The van der Waals surface area contributed by atoms with Gasteiger partial charge in [-0.3, -0.25) is 4.79 Å². The lowest BCUT2D eigenvalue weighted by atomic mass is 10.4. The second-order valence-electron chi connectivity index (χ2n) is 4.73. The molecule has 2 rings (SSSR count). The predicted octanol–water partition coefficient (Wildman–Crippen LogP) is -1.27. The van der Waals surface area contributed by atoms with E-state index in [2.05, 4.69) is 5.32 Å². The molecule has 0 radical (unpaired) electrons. The number of rotatable bonds is 5. The third kappa shape index (κ3) is 3.43. The van der Waals surface area contributed by atoms with E-state index in [1.807, 2.05) is 0 Å². The van der Waals surface area contributed by atoms with Crippen molar-refractivity contribution in [2.24, 2.45) is 12.8 Å². The number of ether oxygens (including phenoxy) is 1. The van der Waals surface area contributed by atoms with Crippen molar-refractivity contribution in [2.75, 3.05) is 39.4 Å². The van der Waals surface area contributed by atoms with Crippen LogP contribution in [0, 0.1) is 0 Å². The molecule has 1 fully saturated rings. The van der Waals surface area contributed by atoms with Gasteiger partial charge in [0.1, 0.15) is 10.6 Å². The molecule has 1 amide bonds. The maximum Gasteiger partial charge on any atom is 0.267 e. The van der Waals surface area contributed by atoms with Crippen LogP contribution >= 0.6 is 0 Å². The molecule has 1 aliphatic rings. The molecule has 1 aliphatic heterocycles. The highest BCUT2D eigenvalue weighted by molar-refractivity contribution is 7.89. The van der Waals surface area contributed by atoms with Gasteiger partial charge in [0, 0.05) is 39.4 Å². The van der Waals surface area contributed by atoms with E-state index < -0.39 is 10.0 Å². The number of nitrogens with two attached hydrogens (primary N) is 1. The summed E-state index contributed by atoms with van der Waals surface area (Å²) in [6.07, 6.45) is 1.45. The molecular weight excluding hydrogens is 296 g/mol. The summed E-state index contributed by atoms with van der Waals surface area (Å²) in [6, 6.07) is 1.39. The minimum absolute atomic E-state index is 0.116. The first kappa shape index (κ1) is 16.0. The molecule has 8 nitrogen and oxygen atoms in total. The van der Waals surface area contributed by atoms with E-state index in [1.165, 1.54) is 21.1 Å². The van der Waals surface area contributed by atoms with Crippen LogP contribution in [0.4, 0.5) is 0 Å². The summed E-state index contributed by atoms with van der Waals surface area (Å²) >= 11 is 0. The number of aromatic nitrogens is 1. The molecule has 0 saturated carbocycles. The van der Waals surface area contributed by atoms with Crippen LogP contribution in [0.2, 0.25) is 0 Å². The van der Waals surface area contributed by atoms with Crippen LogP contribution in [0.3, 0.4) is 0 Å². The molecule has 0 bridgehead atoms. The zero-order valence-electron chi connectivity index (χ0n) is 11.9. The van der Waals surface area contributed by atoms with Gasteiger partial charge in [-0.2, -0.15) is 4.31 Å². The fraction of sp³-hybridized carbons (Fsp3) is 0.583. The van der Waals surface area contributed by atoms with E-state index in [9.17, 15) is 13.2 Å². The number of amides is 1. The second-order valence-corrected chi connectivity index (χ2v) is 6.67. The summed E-state index contributed by atoms with van der Waals surface area (Å²) in [5, 5.41) is 2.62. The van der Waals surface area contributed by atoms with Gasteiger partial charge in [0.25, 0.3) is 5.91 Å². The minimum atomic E-state index is -3.59. The lowest BCUT2D eigenvalue weighted by molar-refractivity contribution is 0.0730. The van der Waals surface area contributed by atoms with Crippen LogP contribution in [0.1, 0.15) is 10.5 Å². The summed E-state index contributed by atoms with van der Waals surface area (Å²) in [6.45, 7) is 2.09. The van der Waals surface area contributed by atoms with Gasteiger partial charge in [0.2, 0.25) is 10.0 Å². The molecule has 1 aromatic rings. The lowest BCUT2D eigenvalue weighted by Crippen LogP contribution is -2.40. The first-order chi connectivity index (χ1) is 9.96. The van der Waals surface area contributed by atoms with Crippen molar-refractivity contribution < 1.29 is 17.9 Å². The number of carbonyl (C=O) groups excluding carboxylic acids is 1. The Morgan fingerprint density at radius 3 is 2.71 bits per heavy atom. The van der Waals surface area contributed by atoms with Gasteiger partial charge >= 0.3 is 0 Å². The standard InChI is InChI=1S/C12H20N4O4S/c1-15-9-10(8-11(15)12(17)14-3-2-13)21(18,19)16-4-6-20-7-5-16/h8-9H,2-7,13H2,1H3,(H,14,17). The van der Waals surface area contributed by atoms with Crippen molar-refractivity contribution in [2.45, 2.75) is 4.90 Å². The summed E-state index contributed by atoms with van der Waals surface area (Å²) in [5.41, 5.74) is 5.62. The van der Waals surface area contributed by atoms with Gasteiger partial charge < -0.3 is 20.4 Å². The topological polar surface area (TPSA) is 107 Å². The SMILES string of the molecule is Cn1cc(S(=O)(=O)N2CCOCC2)cc1C(=O)NCCN. The number of hydrogen-bond donors (Lipinski definition) is 2. The monoisotopic (exact) mass is 316 g/mol. The number of nitrogens with one attached hydrogen (secondary N) is 1. The van der Waals surface area contributed by atoms with Crippen LogP contribution in [-0.2, 0) is 21.8 Å². The molecule has 9 heteroatoms. The van der Waals surface area contributed by atoms with E-state index in [1.54, 1.807) is 7.05 Å². The number of sulfonamides is 1. The smallest absolute Gasteiger partial charge is 0.267 e. The van der Waals surface area contributed by atoms with Crippen molar-refractivity contribution >= 4 is 15.9 Å². The Hall–Kier alpha value is -1.42. The minimum Gasteiger partial charge on any atom is -0.379 e. The van der Waals surface area contributed by atoms with Gasteiger partial charge in [0.05, 0.1) is 13.2 Å². The van der Waals surface area contributed by atoms with Crippen LogP contribution < -0.4 is 11.1 Å². The summed E-state index contributed by atoms with van der Waals surface area (Å²) in [4.78, 5) is 12.0. The van der Waals surface area contributed by atoms with E-state index in [-0.39, 0.29) is 16.5 Å². The molecule has 118 valence electrons. The first-order valence-electron chi connectivity index (χ1n) is 6.69. The number of carbonyl (C=O) groups is 1. The maximum absolute atomic E-state index is 12.5. The van der Waals surface area contributed by atoms with Crippen LogP contribution in [0.25, 0.3) is 0 Å². The summed E-state index contributed by atoms with van der Waals surface area (Å²) in [5.74, 6) is -0.341. The highest BCUT2D eigenvalue weighted by Crippen LogP contribution is 2.19. The Labute approximate surface area is 123 Å². The van der Waals surface area contributed by atoms with Gasteiger partial charge in [-0.15, -0.1) is 0 Å². The average molecular weight is 316 g/mol. The van der Waals surface area contributed by atoms with Crippen molar-refractivity contribution in [1.29, 1.82) is 0 Å². The molecular formula is C12H20N4O4S. The molecule has 3 N–H and O–H groups in total. The molecule has 21 heavy (non-hydrogen) atoms. The molecule has 0 aliphatic carbocycles. The van der Waals surface area contributed by atoms with Crippen molar-refractivity contribution in [1.82, 2.24) is 14.2 Å².